The number of para-hydroxylation sites is 1. The van der Waals surface area contributed by atoms with Gasteiger partial charge >= 0.3 is 0 Å². The van der Waals surface area contributed by atoms with Crippen LogP contribution in [0.15, 0.2) is 35.3 Å². The average molecular weight is 218 g/mol. The lowest BCUT2D eigenvalue weighted by Gasteiger charge is -2.08. The van der Waals surface area contributed by atoms with Crippen molar-refractivity contribution in [1.82, 2.24) is 5.43 Å². The van der Waals surface area contributed by atoms with Crippen molar-refractivity contribution in [2.24, 2.45) is 16.8 Å². The zero-order valence-electron chi connectivity index (χ0n) is 9.48. The molecule has 0 spiro atoms. The molecule has 0 amide bonds. The number of hydrogen-bond acceptors (Lipinski definition) is 2. The number of nitrogens with zero attached hydrogens (tertiary/aromatic N) is 1. The molecule has 16 heavy (non-hydrogen) atoms. The molecule has 86 valence electrons. The summed E-state index contributed by atoms with van der Waals surface area (Å²) in [5.74, 6) is 6.82. The molecule has 1 aromatic rings. The van der Waals surface area contributed by atoms with Gasteiger partial charge in [-0.1, -0.05) is 31.5 Å². The molecule has 0 bridgehead atoms. The monoisotopic (exact) mass is 218 g/mol. The quantitative estimate of drug-likeness (QED) is 0.313. The minimum absolute atomic E-state index is 0.437. The molecule has 1 aliphatic carbocycles. The number of hydrazine groups is 1. The molecule has 2 atom stereocenters. The van der Waals surface area contributed by atoms with E-state index in [0.717, 1.165) is 11.6 Å². The third-order valence-corrected chi connectivity index (χ3v) is 2.88. The van der Waals surface area contributed by atoms with Gasteiger partial charge in [-0.3, -0.25) is 5.43 Å². The number of nitrogens with one attached hydrogen (secondary N) is 2. The fraction of sp³-hybridized carbons (Fsp3) is 0.417. The van der Waals surface area contributed by atoms with Gasteiger partial charge in [0.1, 0.15) is 0 Å². The van der Waals surface area contributed by atoms with Crippen molar-refractivity contribution in [3.05, 3.63) is 30.3 Å². The average Bonchev–Trinajstić information content (AvgIpc) is 3.08. The highest BCUT2D eigenvalue weighted by Crippen LogP contribution is 2.36. The highest BCUT2D eigenvalue weighted by Gasteiger charge is 2.35. The Kier molecular flexibility index (Phi) is 3.41. The van der Waals surface area contributed by atoms with E-state index in [4.69, 9.17) is 5.84 Å². The summed E-state index contributed by atoms with van der Waals surface area (Å²) in [7, 11) is 0. The van der Waals surface area contributed by atoms with Crippen LogP contribution in [0, 0.1) is 5.92 Å². The second-order valence-electron chi connectivity index (χ2n) is 4.08. The van der Waals surface area contributed by atoms with E-state index in [2.05, 4.69) is 22.7 Å². The molecular weight excluding hydrogens is 200 g/mol. The van der Waals surface area contributed by atoms with Gasteiger partial charge in [0.15, 0.2) is 0 Å². The molecule has 2 unspecified atom stereocenters. The van der Waals surface area contributed by atoms with E-state index in [0.29, 0.717) is 12.0 Å². The number of nitrogens with two attached hydrogens (primary N) is 1. The van der Waals surface area contributed by atoms with Crippen molar-refractivity contribution in [2.75, 3.05) is 5.32 Å². The standard InChI is InChI=1S/C12H18N4/c1-2-9-8-11(9)15-12(16-13)14-10-6-4-3-5-7-10/h3-7,9,11H,2,8,13H2,1H3,(H2,14,15,16). The smallest absolute Gasteiger partial charge is 0.210 e. The van der Waals surface area contributed by atoms with Crippen molar-refractivity contribution in [2.45, 2.75) is 25.8 Å². The molecule has 2 rings (SSSR count). The number of guanidine groups is 1. The predicted molar refractivity (Wildman–Crippen MR) is 67.0 cm³/mol. The van der Waals surface area contributed by atoms with E-state index in [-0.39, 0.29) is 0 Å². The molecule has 4 N–H and O–H groups in total. The zero-order chi connectivity index (χ0) is 11.4. The van der Waals surface area contributed by atoms with Gasteiger partial charge < -0.3 is 5.32 Å². The first kappa shape index (κ1) is 11.0. The molecule has 0 aliphatic heterocycles. The number of rotatable bonds is 3. The van der Waals surface area contributed by atoms with Crippen molar-refractivity contribution >= 4 is 11.6 Å². The molecule has 1 saturated carbocycles. The largest absolute Gasteiger partial charge is 0.325 e. The molecule has 0 aromatic heterocycles. The van der Waals surface area contributed by atoms with Crippen LogP contribution in [-0.4, -0.2) is 12.0 Å². The van der Waals surface area contributed by atoms with Crippen LogP contribution in [0.4, 0.5) is 5.69 Å². The van der Waals surface area contributed by atoms with Crippen LogP contribution in [0.1, 0.15) is 19.8 Å². The Morgan fingerprint density at radius 1 is 1.44 bits per heavy atom. The van der Waals surface area contributed by atoms with Crippen LogP contribution >= 0.6 is 0 Å². The van der Waals surface area contributed by atoms with Gasteiger partial charge in [-0.2, -0.15) is 0 Å². The second kappa shape index (κ2) is 4.99. The predicted octanol–water partition coefficient (Wildman–Crippen LogP) is 1.72. The van der Waals surface area contributed by atoms with E-state index in [9.17, 15) is 0 Å². The van der Waals surface area contributed by atoms with Crippen LogP contribution in [0.25, 0.3) is 0 Å². The Morgan fingerprint density at radius 2 is 2.19 bits per heavy atom. The van der Waals surface area contributed by atoms with Crippen molar-refractivity contribution in [3.63, 3.8) is 0 Å². The SMILES string of the molecule is CCC1CC1N=C(NN)Nc1ccccc1. The third-order valence-electron chi connectivity index (χ3n) is 2.88. The number of hydrogen-bond donors (Lipinski definition) is 3. The number of aliphatic imine (C=N–C) groups is 1. The Hall–Kier alpha value is -1.55. The maximum absolute atomic E-state index is 5.44. The minimum atomic E-state index is 0.437. The van der Waals surface area contributed by atoms with E-state index in [1.807, 2.05) is 30.3 Å². The van der Waals surface area contributed by atoms with E-state index < -0.39 is 0 Å². The van der Waals surface area contributed by atoms with Crippen LogP contribution in [0.5, 0.6) is 0 Å². The lowest BCUT2D eigenvalue weighted by molar-refractivity contribution is 0.756. The summed E-state index contributed by atoms with van der Waals surface area (Å²) in [5.41, 5.74) is 3.60. The summed E-state index contributed by atoms with van der Waals surface area (Å²) in [4.78, 5) is 4.52. The van der Waals surface area contributed by atoms with E-state index in [1.165, 1.54) is 12.8 Å². The fourth-order valence-electron chi connectivity index (χ4n) is 1.76. The molecule has 0 heterocycles. The molecular formula is C12H18N4. The van der Waals surface area contributed by atoms with Crippen molar-refractivity contribution in [3.8, 4) is 0 Å². The molecule has 0 saturated heterocycles. The maximum Gasteiger partial charge on any atom is 0.210 e. The van der Waals surface area contributed by atoms with Gasteiger partial charge in [-0.15, -0.1) is 0 Å². The lowest BCUT2D eigenvalue weighted by Crippen LogP contribution is -2.36. The Morgan fingerprint density at radius 3 is 2.75 bits per heavy atom. The molecule has 1 fully saturated rings. The topological polar surface area (TPSA) is 62.4 Å². The van der Waals surface area contributed by atoms with Gasteiger partial charge in [0.2, 0.25) is 5.96 Å². The first-order valence-corrected chi connectivity index (χ1v) is 5.70. The zero-order valence-corrected chi connectivity index (χ0v) is 9.48. The molecule has 1 aromatic carbocycles. The summed E-state index contributed by atoms with van der Waals surface area (Å²) in [6.45, 7) is 2.19. The summed E-state index contributed by atoms with van der Waals surface area (Å²) in [6, 6.07) is 10.3. The second-order valence-corrected chi connectivity index (χ2v) is 4.08. The van der Waals surface area contributed by atoms with Crippen molar-refractivity contribution in [1.29, 1.82) is 0 Å². The lowest BCUT2D eigenvalue weighted by atomic mass is 10.3. The Bertz CT molecular complexity index is 361. The van der Waals surface area contributed by atoms with Gasteiger partial charge in [0, 0.05) is 5.69 Å². The summed E-state index contributed by atoms with van der Waals surface area (Å²) in [5, 5.41) is 3.16. The van der Waals surface area contributed by atoms with Crippen LogP contribution in [0.3, 0.4) is 0 Å². The Labute approximate surface area is 95.9 Å². The fourth-order valence-corrected chi connectivity index (χ4v) is 1.76. The summed E-state index contributed by atoms with van der Waals surface area (Å²) in [6.07, 6.45) is 2.37. The van der Waals surface area contributed by atoms with Gasteiger partial charge in [-0.25, -0.2) is 10.8 Å². The Balaban J connectivity index is 1.96. The normalized spacial score (nSPS) is 24.0. The van der Waals surface area contributed by atoms with Crippen molar-refractivity contribution < 1.29 is 0 Å². The van der Waals surface area contributed by atoms with Crippen LogP contribution in [-0.2, 0) is 0 Å². The first-order valence-electron chi connectivity index (χ1n) is 5.70. The van der Waals surface area contributed by atoms with E-state index >= 15 is 0 Å². The number of anilines is 1. The third kappa shape index (κ3) is 2.73. The van der Waals surface area contributed by atoms with Gasteiger partial charge in [-0.05, 0) is 24.5 Å². The number of benzene rings is 1. The molecule has 1 aliphatic rings. The van der Waals surface area contributed by atoms with E-state index in [1.54, 1.807) is 0 Å². The highest BCUT2D eigenvalue weighted by molar-refractivity contribution is 5.93. The molecule has 4 nitrogen and oxygen atoms in total. The van der Waals surface area contributed by atoms with Gasteiger partial charge in [0.05, 0.1) is 6.04 Å². The molecule has 0 radical (unpaired) electrons. The summed E-state index contributed by atoms with van der Waals surface area (Å²) < 4.78 is 0. The first-order chi connectivity index (χ1) is 7.83. The highest BCUT2D eigenvalue weighted by atomic mass is 15.3. The van der Waals surface area contributed by atoms with Crippen LogP contribution < -0.4 is 16.6 Å². The maximum atomic E-state index is 5.44. The van der Waals surface area contributed by atoms with Crippen LogP contribution in [0.2, 0.25) is 0 Å². The molecule has 4 heteroatoms. The van der Waals surface area contributed by atoms with Gasteiger partial charge in [0.25, 0.3) is 0 Å². The minimum Gasteiger partial charge on any atom is -0.325 e. The summed E-state index contributed by atoms with van der Waals surface area (Å²) >= 11 is 0.